The molecular formula is C13H23N5O. The molecule has 2 rings (SSSR count). The van der Waals surface area contributed by atoms with Crippen molar-refractivity contribution in [3.8, 4) is 0 Å². The van der Waals surface area contributed by atoms with E-state index in [1.807, 2.05) is 31.6 Å². The number of nitrogens with one attached hydrogen (secondary N) is 1. The molecule has 1 aliphatic heterocycles. The summed E-state index contributed by atoms with van der Waals surface area (Å²) in [7, 11) is 0. The number of hydrogen-bond acceptors (Lipinski definition) is 4. The average molecular weight is 265 g/mol. The van der Waals surface area contributed by atoms with Crippen molar-refractivity contribution in [1.29, 1.82) is 0 Å². The van der Waals surface area contributed by atoms with Gasteiger partial charge in [-0.15, -0.1) is 5.10 Å². The van der Waals surface area contributed by atoms with E-state index in [-0.39, 0.29) is 11.4 Å². The molecule has 0 bridgehead atoms. The molecule has 0 aliphatic carbocycles. The first kappa shape index (κ1) is 14.0. The molecule has 0 saturated carbocycles. The van der Waals surface area contributed by atoms with E-state index in [9.17, 15) is 4.79 Å². The first-order valence-corrected chi connectivity index (χ1v) is 6.83. The number of nitrogens with zero attached hydrogens (tertiary/aromatic N) is 4. The molecule has 0 spiro atoms. The third-order valence-corrected chi connectivity index (χ3v) is 3.25. The van der Waals surface area contributed by atoms with Gasteiger partial charge < -0.3 is 5.32 Å². The van der Waals surface area contributed by atoms with Crippen molar-refractivity contribution in [1.82, 2.24) is 25.2 Å². The minimum absolute atomic E-state index is 0.103. The van der Waals surface area contributed by atoms with Crippen molar-refractivity contribution in [2.45, 2.75) is 45.2 Å². The van der Waals surface area contributed by atoms with Crippen LogP contribution in [0.3, 0.4) is 0 Å². The molecule has 2 heterocycles. The highest BCUT2D eigenvalue weighted by Gasteiger charge is 2.23. The Bertz CT molecular complexity index is 401. The maximum atomic E-state index is 11.9. The molecule has 0 aromatic carbocycles. The van der Waals surface area contributed by atoms with E-state index in [1.54, 1.807) is 6.20 Å². The van der Waals surface area contributed by atoms with E-state index < -0.39 is 0 Å². The van der Waals surface area contributed by atoms with E-state index in [2.05, 4.69) is 20.5 Å². The molecule has 1 saturated heterocycles. The number of rotatable bonds is 3. The monoisotopic (exact) mass is 265 g/mol. The number of piperidine rings is 1. The van der Waals surface area contributed by atoms with Gasteiger partial charge in [-0.1, -0.05) is 5.21 Å². The molecule has 1 aromatic rings. The highest BCUT2D eigenvalue weighted by Crippen LogP contribution is 2.20. The molecular weight excluding hydrogens is 242 g/mol. The standard InChI is InChI=1S/C13H23N5O/c1-13(2,3)15-12(19)10-17-7-4-11(5-8-17)18-9-6-14-16-18/h6,9,11H,4-5,7-8,10H2,1-3H3,(H,15,19). The summed E-state index contributed by atoms with van der Waals surface area (Å²) < 4.78 is 1.92. The van der Waals surface area contributed by atoms with Crippen LogP contribution in [0.15, 0.2) is 12.4 Å². The molecule has 0 unspecified atom stereocenters. The first-order valence-electron chi connectivity index (χ1n) is 6.83. The lowest BCUT2D eigenvalue weighted by Crippen LogP contribution is -2.47. The molecule has 1 aliphatic rings. The number of carbonyl (C=O) groups excluding carboxylic acids is 1. The molecule has 6 nitrogen and oxygen atoms in total. The summed E-state index contributed by atoms with van der Waals surface area (Å²) in [6.45, 7) is 8.36. The minimum atomic E-state index is -0.157. The maximum Gasteiger partial charge on any atom is 0.234 e. The fraction of sp³-hybridized carbons (Fsp3) is 0.769. The lowest BCUT2D eigenvalue weighted by atomic mass is 10.1. The van der Waals surface area contributed by atoms with Gasteiger partial charge >= 0.3 is 0 Å². The number of likely N-dealkylation sites (tertiary alicyclic amines) is 1. The van der Waals surface area contributed by atoms with Gasteiger partial charge in [0.05, 0.1) is 18.8 Å². The van der Waals surface area contributed by atoms with Crippen molar-refractivity contribution in [2.75, 3.05) is 19.6 Å². The Hall–Kier alpha value is -1.43. The number of hydrogen-bond donors (Lipinski definition) is 1. The predicted molar refractivity (Wildman–Crippen MR) is 72.6 cm³/mol. The quantitative estimate of drug-likeness (QED) is 0.879. The lowest BCUT2D eigenvalue weighted by Gasteiger charge is -2.32. The van der Waals surface area contributed by atoms with Gasteiger partial charge in [0, 0.05) is 24.8 Å². The maximum absolute atomic E-state index is 11.9. The minimum Gasteiger partial charge on any atom is -0.350 e. The zero-order valence-corrected chi connectivity index (χ0v) is 12.0. The molecule has 6 heteroatoms. The van der Waals surface area contributed by atoms with Gasteiger partial charge in [-0.3, -0.25) is 9.69 Å². The van der Waals surface area contributed by atoms with Gasteiger partial charge in [0.2, 0.25) is 5.91 Å². The zero-order valence-electron chi connectivity index (χ0n) is 12.0. The Kier molecular flexibility index (Phi) is 4.19. The highest BCUT2D eigenvalue weighted by molar-refractivity contribution is 5.78. The largest absolute Gasteiger partial charge is 0.350 e. The summed E-state index contributed by atoms with van der Waals surface area (Å²) in [5.74, 6) is 0.103. The molecule has 1 aromatic heterocycles. The normalized spacial score (nSPS) is 18.5. The summed E-state index contributed by atoms with van der Waals surface area (Å²) in [6.07, 6.45) is 5.66. The number of aromatic nitrogens is 3. The smallest absolute Gasteiger partial charge is 0.234 e. The van der Waals surface area contributed by atoms with Gasteiger partial charge in [0.1, 0.15) is 0 Å². The van der Waals surface area contributed by atoms with Gasteiger partial charge in [0.15, 0.2) is 0 Å². The average Bonchev–Trinajstić information content (AvgIpc) is 2.80. The van der Waals surface area contributed by atoms with Crippen LogP contribution < -0.4 is 5.32 Å². The highest BCUT2D eigenvalue weighted by atomic mass is 16.2. The third kappa shape index (κ3) is 4.31. The van der Waals surface area contributed by atoms with E-state index in [0.717, 1.165) is 25.9 Å². The molecule has 106 valence electrons. The fourth-order valence-corrected chi connectivity index (χ4v) is 2.41. The first-order chi connectivity index (χ1) is 8.94. The summed E-state index contributed by atoms with van der Waals surface area (Å²) in [4.78, 5) is 14.1. The summed E-state index contributed by atoms with van der Waals surface area (Å²) >= 11 is 0. The Labute approximate surface area is 114 Å². The van der Waals surface area contributed by atoms with Crippen LogP contribution in [0.4, 0.5) is 0 Å². The van der Waals surface area contributed by atoms with Gasteiger partial charge in [0.25, 0.3) is 0 Å². The molecule has 0 atom stereocenters. The summed E-state index contributed by atoms with van der Waals surface area (Å²) in [5.41, 5.74) is -0.157. The molecule has 0 radical (unpaired) electrons. The summed E-state index contributed by atoms with van der Waals surface area (Å²) in [5, 5.41) is 10.9. The third-order valence-electron chi connectivity index (χ3n) is 3.25. The Morgan fingerprint density at radius 2 is 2.05 bits per heavy atom. The topological polar surface area (TPSA) is 63.1 Å². The summed E-state index contributed by atoms with van der Waals surface area (Å²) in [6, 6.07) is 0.421. The van der Waals surface area contributed by atoms with Gasteiger partial charge in [-0.05, 0) is 33.6 Å². The van der Waals surface area contributed by atoms with Crippen LogP contribution in [-0.4, -0.2) is 51.0 Å². The van der Waals surface area contributed by atoms with Gasteiger partial charge in [-0.25, -0.2) is 4.68 Å². The second-order valence-corrected chi connectivity index (χ2v) is 6.19. The van der Waals surface area contributed by atoms with E-state index in [4.69, 9.17) is 0 Å². The second-order valence-electron chi connectivity index (χ2n) is 6.19. The second kappa shape index (κ2) is 5.69. The van der Waals surface area contributed by atoms with Gasteiger partial charge in [-0.2, -0.15) is 0 Å². The molecule has 19 heavy (non-hydrogen) atoms. The van der Waals surface area contributed by atoms with E-state index in [1.165, 1.54) is 0 Å². The van der Waals surface area contributed by atoms with Crippen LogP contribution in [0.2, 0.25) is 0 Å². The van der Waals surface area contributed by atoms with Crippen LogP contribution >= 0.6 is 0 Å². The van der Waals surface area contributed by atoms with Crippen molar-refractivity contribution >= 4 is 5.91 Å². The van der Waals surface area contributed by atoms with Crippen LogP contribution in [-0.2, 0) is 4.79 Å². The van der Waals surface area contributed by atoms with E-state index >= 15 is 0 Å². The van der Waals surface area contributed by atoms with Crippen molar-refractivity contribution < 1.29 is 4.79 Å². The SMILES string of the molecule is CC(C)(C)NC(=O)CN1CCC(n2ccnn2)CC1. The van der Waals surface area contributed by atoms with Crippen LogP contribution in [0.1, 0.15) is 39.7 Å². The predicted octanol–water partition coefficient (Wildman–Crippen LogP) is 0.830. The molecule has 1 amide bonds. The molecule has 1 N–H and O–H groups in total. The van der Waals surface area contributed by atoms with Crippen molar-refractivity contribution in [2.24, 2.45) is 0 Å². The number of carbonyl (C=O) groups is 1. The van der Waals surface area contributed by atoms with Crippen LogP contribution in [0.25, 0.3) is 0 Å². The fourth-order valence-electron chi connectivity index (χ4n) is 2.41. The zero-order chi connectivity index (χ0) is 13.9. The van der Waals surface area contributed by atoms with Crippen LogP contribution in [0, 0.1) is 0 Å². The number of amides is 1. The van der Waals surface area contributed by atoms with Crippen molar-refractivity contribution in [3.05, 3.63) is 12.4 Å². The Morgan fingerprint density at radius 3 is 2.58 bits per heavy atom. The van der Waals surface area contributed by atoms with E-state index in [0.29, 0.717) is 12.6 Å². The Balaban J connectivity index is 1.76. The molecule has 1 fully saturated rings. The Morgan fingerprint density at radius 1 is 1.37 bits per heavy atom. The van der Waals surface area contributed by atoms with Crippen LogP contribution in [0.5, 0.6) is 0 Å². The van der Waals surface area contributed by atoms with Crippen molar-refractivity contribution in [3.63, 3.8) is 0 Å². The lowest BCUT2D eigenvalue weighted by molar-refractivity contribution is -0.124.